The van der Waals surface area contributed by atoms with Crippen molar-refractivity contribution in [2.45, 2.75) is 13.0 Å². The Morgan fingerprint density at radius 3 is 2.58 bits per heavy atom. The molecule has 2 nitrogen and oxygen atoms in total. The van der Waals surface area contributed by atoms with Crippen molar-refractivity contribution < 1.29 is 5.11 Å². The van der Waals surface area contributed by atoms with Gasteiger partial charge in [0.15, 0.2) is 0 Å². The largest absolute Gasteiger partial charge is 0.508 e. The number of halogens is 1. The summed E-state index contributed by atoms with van der Waals surface area (Å²) in [6.45, 7) is 2.05. The third-order valence-corrected chi connectivity index (χ3v) is 1.80. The first kappa shape index (κ1) is 11.3. The third kappa shape index (κ3) is 2.72. The molecule has 0 aliphatic rings. The van der Waals surface area contributed by atoms with Crippen molar-refractivity contribution in [1.82, 2.24) is 5.32 Å². The lowest BCUT2D eigenvalue weighted by Gasteiger charge is -2.09. The first-order valence-electron chi connectivity index (χ1n) is 3.70. The predicted octanol–water partition coefficient (Wildman–Crippen LogP) is 2.09. The maximum Gasteiger partial charge on any atom is 0.115 e. The maximum absolute atomic E-state index is 9.13. The van der Waals surface area contributed by atoms with E-state index < -0.39 is 0 Å². The minimum Gasteiger partial charge on any atom is -0.508 e. The summed E-state index contributed by atoms with van der Waals surface area (Å²) >= 11 is 0. The molecule has 0 saturated carbocycles. The van der Waals surface area contributed by atoms with E-state index in [9.17, 15) is 0 Å². The van der Waals surface area contributed by atoms with Crippen LogP contribution in [0.1, 0.15) is 18.5 Å². The number of phenolic OH excluding ortho intramolecular Hbond substituents is 1. The van der Waals surface area contributed by atoms with Gasteiger partial charge in [-0.05, 0) is 31.7 Å². The van der Waals surface area contributed by atoms with Crippen LogP contribution in [0, 0.1) is 0 Å². The van der Waals surface area contributed by atoms with Gasteiger partial charge in [-0.15, -0.1) is 12.4 Å². The van der Waals surface area contributed by atoms with E-state index in [0.717, 1.165) is 5.56 Å². The molecule has 1 aromatic rings. The highest BCUT2D eigenvalue weighted by atomic mass is 35.5. The van der Waals surface area contributed by atoms with Crippen LogP contribution < -0.4 is 5.32 Å². The van der Waals surface area contributed by atoms with Gasteiger partial charge in [0.1, 0.15) is 5.75 Å². The van der Waals surface area contributed by atoms with Gasteiger partial charge >= 0.3 is 0 Å². The standard InChI is InChI=1S/C9H13NO.ClH/c1-7(10-2)8-4-3-5-9(11)6-8;/h3-7,10-11H,1-2H3;1H/t7-;/m1./s1. The van der Waals surface area contributed by atoms with Crippen molar-refractivity contribution in [3.63, 3.8) is 0 Å². The van der Waals surface area contributed by atoms with Crippen LogP contribution in [0.4, 0.5) is 0 Å². The fourth-order valence-corrected chi connectivity index (χ4v) is 0.961. The van der Waals surface area contributed by atoms with Gasteiger partial charge in [0.05, 0.1) is 0 Å². The zero-order chi connectivity index (χ0) is 8.27. The van der Waals surface area contributed by atoms with Gasteiger partial charge < -0.3 is 10.4 Å². The second-order valence-corrected chi connectivity index (χ2v) is 2.61. The molecule has 0 fully saturated rings. The molecular formula is C9H14ClNO. The van der Waals surface area contributed by atoms with Crippen molar-refractivity contribution in [1.29, 1.82) is 0 Å². The lowest BCUT2D eigenvalue weighted by molar-refractivity contribution is 0.473. The Bertz CT molecular complexity index is 240. The Morgan fingerprint density at radius 2 is 2.08 bits per heavy atom. The summed E-state index contributed by atoms with van der Waals surface area (Å²) in [5, 5.41) is 12.2. The monoisotopic (exact) mass is 187 g/mol. The number of hydrogen-bond acceptors (Lipinski definition) is 2. The molecule has 2 N–H and O–H groups in total. The Labute approximate surface area is 79.0 Å². The Morgan fingerprint density at radius 1 is 1.42 bits per heavy atom. The molecule has 1 atom stereocenters. The minimum absolute atomic E-state index is 0. The van der Waals surface area contributed by atoms with E-state index in [1.165, 1.54) is 0 Å². The molecule has 0 heterocycles. The highest BCUT2D eigenvalue weighted by molar-refractivity contribution is 5.85. The van der Waals surface area contributed by atoms with Crippen LogP contribution in [0.3, 0.4) is 0 Å². The van der Waals surface area contributed by atoms with Crippen LogP contribution in [0.15, 0.2) is 24.3 Å². The number of phenols is 1. The second-order valence-electron chi connectivity index (χ2n) is 2.61. The first-order valence-corrected chi connectivity index (χ1v) is 3.70. The van der Waals surface area contributed by atoms with Crippen molar-refractivity contribution in [3.8, 4) is 5.75 Å². The molecule has 12 heavy (non-hydrogen) atoms. The van der Waals surface area contributed by atoms with Crippen LogP contribution in [0.25, 0.3) is 0 Å². The van der Waals surface area contributed by atoms with E-state index >= 15 is 0 Å². The van der Waals surface area contributed by atoms with Crippen LogP contribution in [-0.4, -0.2) is 12.2 Å². The molecule has 0 unspecified atom stereocenters. The summed E-state index contributed by atoms with van der Waals surface area (Å²) < 4.78 is 0. The van der Waals surface area contributed by atoms with Gasteiger partial charge in [-0.3, -0.25) is 0 Å². The summed E-state index contributed by atoms with van der Waals surface area (Å²) in [5.41, 5.74) is 1.10. The van der Waals surface area contributed by atoms with Gasteiger partial charge in [-0.25, -0.2) is 0 Å². The van der Waals surface area contributed by atoms with Crippen LogP contribution >= 0.6 is 12.4 Å². The van der Waals surface area contributed by atoms with Gasteiger partial charge in [0.25, 0.3) is 0 Å². The Hall–Kier alpha value is -0.730. The molecule has 1 aromatic carbocycles. The van der Waals surface area contributed by atoms with Crippen LogP contribution in [0.5, 0.6) is 5.75 Å². The molecule has 0 spiro atoms. The number of hydrogen-bond donors (Lipinski definition) is 2. The summed E-state index contributed by atoms with van der Waals surface area (Å²) in [7, 11) is 1.90. The molecule has 0 bridgehead atoms. The zero-order valence-corrected chi connectivity index (χ0v) is 8.06. The lowest BCUT2D eigenvalue weighted by Crippen LogP contribution is -2.11. The van der Waals surface area contributed by atoms with E-state index in [-0.39, 0.29) is 12.4 Å². The zero-order valence-electron chi connectivity index (χ0n) is 7.24. The SMILES string of the molecule is CN[C@H](C)c1cccc(O)c1.Cl. The van der Waals surface area contributed by atoms with Crippen molar-refractivity contribution in [2.75, 3.05) is 7.05 Å². The molecule has 0 radical (unpaired) electrons. The Kier molecular flexibility index (Phi) is 4.71. The molecule has 0 aromatic heterocycles. The predicted molar refractivity (Wildman–Crippen MR) is 52.8 cm³/mol. The van der Waals surface area contributed by atoms with Gasteiger partial charge in [0.2, 0.25) is 0 Å². The van der Waals surface area contributed by atoms with E-state index in [2.05, 4.69) is 12.2 Å². The van der Waals surface area contributed by atoms with E-state index in [1.807, 2.05) is 19.2 Å². The highest BCUT2D eigenvalue weighted by Crippen LogP contribution is 2.16. The fraction of sp³-hybridized carbons (Fsp3) is 0.333. The summed E-state index contributed by atoms with van der Waals surface area (Å²) in [6, 6.07) is 7.56. The van der Waals surface area contributed by atoms with Gasteiger partial charge in [-0.2, -0.15) is 0 Å². The van der Waals surface area contributed by atoms with E-state index in [0.29, 0.717) is 11.8 Å². The Balaban J connectivity index is 0.00000121. The summed E-state index contributed by atoms with van der Waals surface area (Å²) in [4.78, 5) is 0. The second kappa shape index (κ2) is 5.01. The molecule has 0 saturated heterocycles. The lowest BCUT2D eigenvalue weighted by atomic mass is 10.1. The normalized spacial score (nSPS) is 11.8. The number of nitrogens with one attached hydrogen (secondary N) is 1. The maximum atomic E-state index is 9.13. The van der Waals surface area contributed by atoms with Crippen molar-refractivity contribution >= 4 is 12.4 Å². The molecule has 1 rings (SSSR count). The first-order chi connectivity index (χ1) is 5.24. The molecule has 0 amide bonds. The number of rotatable bonds is 2. The number of aromatic hydroxyl groups is 1. The molecule has 0 aliphatic heterocycles. The number of benzene rings is 1. The average molecular weight is 188 g/mol. The van der Waals surface area contributed by atoms with E-state index in [4.69, 9.17) is 5.11 Å². The van der Waals surface area contributed by atoms with Crippen molar-refractivity contribution in [3.05, 3.63) is 29.8 Å². The van der Waals surface area contributed by atoms with Crippen LogP contribution in [-0.2, 0) is 0 Å². The van der Waals surface area contributed by atoms with Gasteiger partial charge in [0, 0.05) is 6.04 Å². The van der Waals surface area contributed by atoms with Crippen LogP contribution in [0.2, 0.25) is 0 Å². The van der Waals surface area contributed by atoms with Gasteiger partial charge in [-0.1, -0.05) is 12.1 Å². The molecule has 68 valence electrons. The average Bonchev–Trinajstić information content (AvgIpc) is 2.03. The quantitative estimate of drug-likeness (QED) is 0.743. The fourth-order valence-electron chi connectivity index (χ4n) is 0.961. The van der Waals surface area contributed by atoms with E-state index in [1.54, 1.807) is 12.1 Å². The van der Waals surface area contributed by atoms with Crippen molar-refractivity contribution in [2.24, 2.45) is 0 Å². The highest BCUT2D eigenvalue weighted by Gasteiger charge is 2.01. The summed E-state index contributed by atoms with van der Waals surface area (Å²) in [6.07, 6.45) is 0. The smallest absolute Gasteiger partial charge is 0.115 e. The third-order valence-electron chi connectivity index (χ3n) is 1.80. The molecular weight excluding hydrogens is 174 g/mol. The minimum atomic E-state index is 0. The topological polar surface area (TPSA) is 32.3 Å². The molecule has 3 heteroatoms. The summed E-state index contributed by atoms with van der Waals surface area (Å²) in [5.74, 6) is 0.324. The molecule has 0 aliphatic carbocycles.